The van der Waals surface area contributed by atoms with Crippen molar-refractivity contribution in [3.63, 3.8) is 0 Å². The molecule has 0 amide bonds. The minimum atomic E-state index is -0.225. The van der Waals surface area contributed by atoms with E-state index in [-0.39, 0.29) is 11.9 Å². The fourth-order valence-corrected chi connectivity index (χ4v) is 3.94. The van der Waals surface area contributed by atoms with E-state index in [2.05, 4.69) is 37.6 Å². The summed E-state index contributed by atoms with van der Waals surface area (Å²) >= 11 is 0. The molecule has 2 heterocycles. The minimum Gasteiger partial charge on any atom is -0.379 e. The molecule has 0 aliphatic carbocycles. The van der Waals surface area contributed by atoms with Gasteiger partial charge in [-0.1, -0.05) is 36.4 Å². The number of fused-ring (bicyclic) bond motifs is 1. The molecule has 0 bridgehead atoms. The Balaban J connectivity index is 1.43. The van der Waals surface area contributed by atoms with E-state index in [9.17, 15) is 4.39 Å². The number of morpholine rings is 1. The van der Waals surface area contributed by atoms with E-state index in [0.29, 0.717) is 32.3 Å². The largest absolute Gasteiger partial charge is 0.379 e. The SMILES string of the molecule is CN=C(NCc1nccc2ccccc12)NCC(c1ccc(F)cc1)N1CCOCC1. The first-order valence-corrected chi connectivity index (χ1v) is 10.6. The summed E-state index contributed by atoms with van der Waals surface area (Å²) in [6, 6.07) is 17.1. The molecular weight excluding hydrogens is 393 g/mol. The molecule has 31 heavy (non-hydrogen) atoms. The van der Waals surface area contributed by atoms with Crippen LogP contribution in [0.25, 0.3) is 10.8 Å². The van der Waals surface area contributed by atoms with Crippen molar-refractivity contribution >= 4 is 16.7 Å². The highest BCUT2D eigenvalue weighted by Crippen LogP contribution is 2.22. The van der Waals surface area contributed by atoms with Gasteiger partial charge in [0.1, 0.15) is 5.82 Å². The third-order valence-corrected chi connectivity index (χ3v) is 5.61. The number of ether oxygens (including phenoxy) is 1. The fraction of sp³-hybridized carbons (Fsp3) is 0.333. The van der Waals surface area contributed by atoms with Crippen LogP contribution in [0, 0.1) is 5.82 Å². The molecule has 2 N–H and O–H groups in total. The number of rotatable bonds is 6. The highest BCUT2D eigenvalue weighted by atomic mass is 19.1. The van der Waals surface area contributed by atoms with Crippen molar-refractivity contribution in [3.8, 4) is 0 Å². The summed E-state index contributed by atoms with van der Waals surface area (Å²) in [7, 11) is 1.76. The van der Waals surface area contributed by atoms with Gasteiger partial charge >= 0.3 is 0 Å². The lowest BCUT2D eigenvalue weighted by atomic mass is 10.0. The molecule has 1 aromatic heterocycles. The van der Waals surface area contributed by atoms with Gasteiger partial charge in [-0.15, -0.1) is 0 Å². The topological polar surface area (TPSA) is 61.8 Å². The van der Waals surface area contributed by atoms with Crippen molar-refractivity contribution in [3.05, 3.63) is 77.9 Å². The van der Waals surface area contributed by atoms with E-state index in [1.165, 1.54) is 17.5 Å². The van der Waals surface area contributed by atoms with Gasteiger partial charge in [0, 0.05) is 38.3 Å². The summed E-state index contributed by atoms with van der Waals surface area (Å²) in [6.07, 6.45) is 1.83. The lowest BCUT2D eigenvalue weighted by molar-refractivity contribution is 0.0170. The zero-order valence-corrected chi connectivity index (χ0v) is 17.7. The number of hydrogen-bond donors (Lipinski definition) is 2. The number of aromatic nitrogens is 1. The van der Waals surface area contributed by atoms with Gasteiger partial charge in [-0.25, -0.2) is 4.39 Å². The molecular formula is C24H28FN5O. The van der Waals surface area contributed by atoms with Crippen molar-refractivity contribution in [1.29, 1.82) is 0 Å². The summed E-state index contributed by atoms with van der Waals surface area (Å²) in [5.41, 5.74) is 2.05. The number of halogens is 1. The van der Waals surface area contributed by atoms with Gasteiger partial charge in [-0.05, 0) is 29.1 Å². The number of hydrogen-bond acceptors (Lipinski definition) is 4. The molecule has 1 fully saturated rings. The van der Waals surface area contributed by atoms with E-state index >= 15 is 0 Å². The van der Waals surface area contributed by atoms with Gasteiger partial charge in [0.15, 0.2) is 5.96 Å². The highest BCUT2D eigenvalue weighted by Gasteiger charge is 2.23. The van der Waals surface area contributed by atoms with Crippen LogP contribution < -0.4 is 10.6 Å². The van der Waals surface area contributed by atoms with Crippen LogP contribution in [-0.4, -0.2) is 55.7 Å². The average molecular weight is 422 g/mol. The third-order valence-electron chi connectivity index (χ3n) is 5.61. The standard InChI is InChI=1S/C24H28FN5O/c1-26-24(28-16-22-21-5-3-2-4-18(21)10-11-27-22)29-17-23(30-12-14-31-15-13-30)19-6-8-20(25)9-7-19/h2-11,23H,12-17H2,1H3,(H2,26,28,29). The van der Waals surface area contributed by atoms with Gasteiger partial charge < -0.3 is 15.4 Å². The maximum Gasteiger partial charge on any atom is 0.191 e. The Morgan fingerprint density at radius 1 is 1.10 bits per heavy atom. The van der Waals surface area contributed by atoms with Crippen LogP contribution in [0.4, 0.5) is 4.39 Å². The average Bonchev–Trinajstić information content (AvgIpc) is 2.83. The molecule has 1 aliphatic rings. The molecule has 0 radical (unpaired) electrons. The molecule has 0 spiro atoms. The third kappa shape index (κ3) is 5.37. The highest BCUT2D eigenvalue weighted by molar-refractivity contribution is 5.85. The lowest BCUT2D eigenvalue weighted by Gasteiger charge is -2.35. The second kappa shape index (κ2) is 10.3. The first-order chi connectivity index (χ1) is 15.2. The van der Waals surface area contributed by atoms with Gasteiger partial charge in [0.2, 0.25) is 0 Å². The van der Waals surface area contributed by atoms with Crippen molar-refractivity contribution in [2.45, 2.75) is 12.6 Å². The smallest absolute Gasteiger partial charge is 0.191 e. The summed E-state index contributed by atoms with van der Waals surface area (Å²) in [5.74, 6) is 0.479. The number of aliphatic imine (C=N–C) groups is 1. The second-order valence-electron chi connectivity index (χ2n) is 7.50. The van der Waals surface area contributed by atoms with Crippen molar-refractivity contribution in [2.75, 3.05) is 39.9 Å². The van der Waals surface area contributed by atoms with Crippen LogP contribution in [0.1, 0.15) is 17.3 Å². The molecule has 1 aliphatic heterocycles. The zero-order valence-electron chi connectivity index (χ0n) is 17.7. The van der Waals surface area contributed by atoms with E-state index in [1.54, 1.807) is 7.05 Å². The summed E-state index contributed by atoms with van der Waals surface area (Å²) in [4.78, 5) is 11.3. The maximum absolute atomic E-state index is 13.4. The minimum absolute atomic E-state index is 0.0960. The number of benzene rings is 2. The van der Waals surface area contributed by atoms with E-state index in [1.807, 2.05) is 36.5 Å². The molecule has 1 saturated heterocycles. The normalized spacial score (nSPS) is 16.3. The predicted octanol–water partition coefficient (Wildman–Crippen LogP) is 3.11. The Bertz CT molecular complexity index is 1010. The van der Waals surface area contributed by atoms with Crippen LogP contribution in [0.15, 0.2) is 65.8 Å². The van der Waals surface area contributed by atoms with E-state index < -0.39 is 0 Å². The second-order valence-corrected chi connectivity index (χ2v) is 7.50. The molecule has 1 unspecified atom stereocenters. The fourth-order valence-electron chi connectivity index (χ4n) is 3.94. The molecule has 3 aromatic rings. The summed E-state index contributed by atoms with van der Waals surface area (Å²) in [6.45, 7) is 4.31. The number of nitrogens with one attached hydrogen (secondary N) is 2. The molecule has 1 atom stereocenters. The molecule has 6 nitrogen and oxygen atoms in total. The molecule has 0 saturated carbocycles. The van der Waals surface area contributed by atoms with Crippen LogP contribution in [0.2, 0.25) is 0 Å². The molecule has 2 aromatic carbocycles. The first-order valence-electron chi connectivity index (χ1n) is 10.6. The molecule has 4 rings (SSSR count). The van der Waals surface area contributed by atoms with Crippen LogP contribution >= 0.6 is 0 Å². The quantitative estimate of drug-likeness (QED) is 0.473. The molecule has 7 heteroatoms. The Morgan fingerprint density at radius 2 is 1.87 bits per heavy atom. The van der Waals surface area contributed by atoms with Crippen molar-refractivity contribution < 1.29 is 9.13 Å². The summed E-state index contributed by atoms with van der Waals surface area (Å²) < 4.78 is 19.0. The van der Waals surface area contributed by atoms with Crippen LogP contribution in [0.3, 0.4) is 0 Å². The number of pyridine rings is 1. The van der Waals surface area contributed by atoms with Crippen molar-refractivity contribution in [1.82, 2.24) is 20.5 Å². The lowest BCUT2D eigenvalue weighted by Crippen LogP contribution is -2.46. The van der Waals surface area contributed by atoms with E-state index in [0.717, 1.165) is 29.7 Å². The number of guanidine groups is 1. The Labute approximate surface area is 182 Å². The van der Waals surface area contributed by atoms with Gasteiger partial charge in [0.05, 0.1) is 31.5 Å². The Kier molecular flexibility index (Phi) is 7.07. The monoisotopic (exact) mass is 421 g/mol. The maximum atomic E-state index is 13.4. The zero-order chi connectivity index (χ0) is 21.5. The Hall–Kier alpha value is -3.03. The van der Waals surface area contributed by atoms with Gasteiger partial charge in [-0.2, -0.15) is 0 Å². The van der Waals surface area contributed by atoms with Crippen molar-refractivity contribution in [2.24, 2.45) is 4.99 Å². The van der Waals surface area contributed by atoms with Gasteiger partial charge in [0.25, 0.3) is 0 Å². The Morgan fingerprint density at radius 3 is 2.65 bits per heavy atom. The number of nitrogens with zero attached hydrogens (tertiary/aromatic N) is 3. The van der Waals surface area contributed by atoms with E-state index in [4.69, 9.17) is 4.74 Å². The summed E-state index contributed by atoms with van der Waals surface area (Å²) in [5, 5.41) is 9.10. The molecule has 162 valence electrons. The van der Waals surface area contributed by atoms with Crippen LogP contribution in [-0.2, 0) is 11.3 Å². The predicted molar refractivity (Wildman–Crippen MR) is 121 cm³/mol. The first kappa shape index (κ1) is 21.2. The van der Waals surface area contributed by atoms with Gasteiger partial charge in [-0.3, -0.25) is 14.9 Å². The van der Waals surface area contributed by atoms with Crippen LogP contribution in [0.5, 0.6) is 0 Å².